The van der Waals surface area contributed by atoms with Gasteiger partial charge in [-0.25, -0.2) is 14.2 Å². The van der Waals surface area contributed by atoms with E-state index in [1.54, 1.807) is 26.4 Å². The smallest absolute Gasteiger partial charge is 0.324 e. The highest BCUT2D eigenvalue weighted by molar-refractivity contribution is 5.96. The van der Waals surface area contributed by atoms with Crippen molar-refractivity contribution in [1.82, 2.24) is 30.2 Å². The van der Waals surface area contributed by atoms with E-state index in [0.717, 1.165) is 39.0 Å². The van der Waals surface area contributed by atoms with Crippen molar-refractivity contribution in [2.45, 2.75) is 123 Å². The molecule has 2 N–H and O–H groups in total. The van der Waals surface area contributed by atoms with E-state index in [9.17, 15) is 19.2 Å². The summed E-state index contributed by atoms with van der Waals surface area (Å²) in [4.78, 5) is 64.0. The van der Waals surface area contributed by atoms with Gasteiger partial charge in [0.1, 0.15) is 24.2 Å². The molecule has 372 valence electrons. The van der Waals surface area contributed by atoms with E-state index >= 15 is 8.78 Å². The molecule has 2 aromatic heterocycles. The molecule has 5 aromatic rings. The number of alkyl halides is 2. The van der Waals surface area contributed by atoms with Crippen LogP contribution in [-0.2, 0) is 52.8 Å². The molecule has 2 saturated heterocycles. The van der Waals surface area contributed by atoms with Crippen LogP contribution in [0, 0.1) is 11.3 Å². The van der Waals surface area contributed by atoms with Gasteiger partial charge in [0.2, 0.25) is 5.91 Å². The first kappa shape index (κ1) is 50.4. The molecule has 6 bridgehead atoms. The number of cyclic esters (lactones) is 1. The van der Waals surface area contributed by atoms with E-state index in [-0.39, 0.29) is 43.1 Å². The topological polar surface area (TPSA) is 144 Å². The number of aryl methyl sites for hydroxylation is 1. The number of carbonyl (C=O) groups excluding carboxylic acids is 4. The maximum Gasteiger partial charge on any atom is 0.324 e. The maximum atomic E-state index is 15.0. The number of nitrogens with one attached hydrogen (secondary N) is 2. The molecule has 0 saturated carbocycles. The second-order valence-electron chi connectivity index (χ2n) is 20.1. The minimum absolute atomic E-state index is 0.0591. The summed E-state index contributed by atoms with van der Waals surface area (Å²) in [6.07, 6.45) is -0.448. The lowest BCUT2D eigenvalue weighted by atomic mass is 9.84. The lowest BCUT2D eigenvalue weighted by molar-refractivity contribution is -0.155. The van der Waals surface area contributed by atoms with Crippen LogP contribution in [0.3, 0.4) is 0 Å². The third kappa shape index (κ3) is 10.4. The Kier molecular flexibility index (Phi) is 15.2. The second-order valence-corrected chi connectivity index (χ2v) is 20.1. The molecule has 15 heteroatoms. The summed E-state index contributed by atoms with van der Waals surface area (Å²) in [7, 11) is 3.22. The fourth-order valence-electron chi connectivity index (χ4n) is 10.6. The third-order valence-electron chi connectivity index (χ3n) is 14.2. The number of carbonyl (C=O) groups is 4. The van der Waals surface area contributed by atoms with Gasteiger partial charge in [0.05, 0.1) is 24.1 Å². The molecule has 3 amide bonds. The summed E-state index contributed by atoms with van der Waals surface area (Å²) in [6, 6.07) is 21.0. The Morgan fingerprint density at radius 1 is 1.00 bits per heavy atom. The number of fused-ring (bicyclic) bond motifs is 6. The number of hydrogen-bond donors (Lipinski definition) is 2. The summed E-state index contributed by atoms with van der Waals surface area (Å²) in [5.74, 6) is -2.64. The van der Waals surface area contributed by atoms with Crippen molar-refractivity contribution in [3.05, 3.63) is 113 Å². The molecule has 6 atom stereocenters. The van der Waals surface area contributed by atoms with E-state index < -0.39 is 59.8 Å². The summed E-state index contributed by atoms with van der Waals surface area (Å²) in [5.41, 5.74) is 9.30. The van der Waals surface area contributed by atoms with Crippen LogP contribution in [0.1, 0.15) is 107 Å². The number of methoxy groups -OCH3 is 1. The van der Waals surface area contributed by atoms with E-state index in [0.29, 0.717) is 55.5 Å². The van der Waals surface area contributed by atoms with Crippen LogP contribution >= 0.6 is 0 Å². The minimum Gasteiger partial charge on any atom is -0.464 e. The Labute approximate surface area is 409 Å². The SMILES string of the molecule is CCn1c(-c2cccnc2[C@H](C)OC)c2c3cc(ccc31)-c1cc(cc(C(F)F)c1)C[C@H](NC(=O)[C@H](C(C)C)N(C)C(=O)[C@@H]1OCC[C@@H]1c1ccccc1)C(=O)N1CCC[C@H](N1)C(=O)OCC(C)(C)C2. The predicted molar refractivity (Wildman–Crippen MR) is 264 cm³/mol. The van der Waals surface area contributed by atoms with Gasteiger partial charge in [-0.15, -0.1) is 0 Å². The number of halogens is 2. The van der Waals surface area contributed by atoms with Gasteiger partial charge in [0, 0.05) is 79.8 Å². The van der Waals surface area contributed by atoms with Crippen LogP contribution in [0.4, 0.5) is 8.78 Å². The van der Waals surface area contributed by atoms with Gasteiger partial charge in [0.15, 0.2) is 0 Å². The van der Waals surface area contributed by atoms with E-state index in [2.05, 4.69) is 22.2 Å². The molecule has 0 spiro atoms. The Bertz CT molecular complexity index is 2720. The molecule has 0 radical (unpaired) electrons. The largest absolute Gasteiger partial charge is 0.464 e. The van der Waals surface area contributed by atoms with E-state index in [1.807, 2.05) is 95.3 Å². The quantitative estimate of drug-likeness (QED) is 0.124. The second kappa shape index (κ2) is 21.1. The zero-order valence-electron chi connectivity index (χ0n) is 41.5. The summed E-state index contributed by atoms with van der Waals surface area (Å²) >= 11 is 0. The van der Waals surface area contributed by atoms with Crippen LogP contribution in [0.2, 0.25) is 0 Å². The normalized spacial score (nSPS) is 21.6. The van der Waals surface area contributed by atoms with Crippen molar-refractivity contribution in [2.75, 3.05) is 33.9 Å². The van der Waals surface area contributed by atoms with Gasteiger partial charge >= 0.3 is 5.97 Å². The van der Waals surface area contributed by atoms with Gasteiger partial charge in [-0.05, 0) is 104 Å². The number of likely N-dealkylation sites (N-methyl/N-ethyl adjacent to an activating group) is 1. The molecule has 3 aliphatic heterocycles. The number of esters is 1. The third-order valence-corrected chi connectivity index (χ3v) is 14.2. The average molecular weight is 961 g/mol. The molecule has 0 unspecified atom stereocenters. The zero-order chi connectivity index (χ0) is 50.0. The van der Waals surface area contributed by atoms with Crippen LogP contribution in [0.15, 0.2) is 85.1 Å². The number of hydrazine groups is 1. The fourth-order valence-corrected chi connectivity index (χ4v) is 10.6. The molecular formula is C55H66F2N6O7. The Morgan fingerprint density at radius 3 is 2.49 bits per heavy atom. The lowest BCUT2D eigenvalue weighted by Crippen LogP contribution is -2.62. The van der Waals surface area contributed by atoms with E-state index in [4.69, 9.17) is 19.2 Å². The summed E-state index contributed by atoms with van der Waals surface area (Å²) in [5, 5.41) is 5.20. The van der Waals surface area contributed by atoms with Crippen molar-refractivity contribution in [1.29, 1.82) is 0 Å². The first-order valence-corrected chi connectivity index (χ1v) is 24.5. The van der Waals surface area contributed by atoms with Gasteiger partial charge in [0.25, 0.3) is 18.2 Å². The van der Waals surface area contributed by atoms with Crippen LogP contribution in [0.5, 0.6) is 0 Å². The van der Waals surface area contributed by atoms with Crippen LogP contribution in [0.25, 0.3) is 33.3 Å². The monoisotopic (exact) mass is 960 g/mol. The van der Waals surface area contributed by atoms with Crippen molar-refractivity contribution >= 4 is 34.6 Å². The highest BCUT2D eigenvalue weighted by Crippen LogP contribution is 2.42. The van der Waals surface area contributed by atoms with Gasteiger partial charge in [-0.2, -0.15) is 0 Å². The number of amides is 3. The standard InChI is InChI=1S/C55H66F2N6O7/c1-9-62-45-20-19-36-29-41(45)42(48(62)40-17-13-22-58-46(40)33(4)68-8)30-55(5,6)31-70-54(67)43-18-14-23-63(60-43)52(65)44(27-34-25-37(36)28-38(26-34)50(56)57)59-51(64)47(32(2)3)61(7)53(66)49-39(21-24-69-49)35-15-11-10-12-16-35/h10-13,15-17,19-20,22,25-26,28-29,32-33,39,43-44,47,49-50,60H,9,14,18,21,23-24,27,30-31H2,1-8H3,(H,59,64)/t33-,39+,43-,44-,47-,49+/m0/s1. The van der Waals surface area contributed by atoms with E-state index in [1.165, 1.54) is 22.0 Å². The number of rotatable bonds is 11. The molecular weight excluding hydrogens is 895 g/mol. The number of nitrogens with zero attached hydrogens (tertiary/aromatic N) is 4. The molecule has 3 aliphatic rings. The minimum atomic E-state index is -2.85. The number of ether oxygens (including phenoxy) is 3. The average Bonchev–Trinajstić information content (AvgIpc) is 3.97. The Balaban J connectivity index is 1.22. The molecule has 70 heavy (non-hydrogen) atoms. The fraction of sp³-hybridized carbons (Fsp3) is 0.473. The lowest BCUT2D eigenvalue weighted by Gasteiger charge is -2.37. The zero-order valence-corrected chi connectivity index (χ0v) is 41.5. The molecule has 0 aliphatic carbocycles. The first-order valence-electron chi connectivity index (χ1n) is 24.5. The van der Waals surface area contributed by atoms with Crippen LogP contribution < -0.4 is 10.7 Å². The summed E-state index contributed by atoms with van der Waals surface area (Å²) < 4.78 is 50.3. The number of benzene rings is 3. The number of aromatic nitrogens is 2. The molecule has 8 rings (SSSR count). The summed E-state index contributed by atoms with van der Waals surface area (Å²) in [6.45, 7) is 13.0. The Hall–Kier alpha value is -6.03. The van der Waals surface area contributed by atoms with Crippen LogP contribution in [-0.4, -0.2) is 101 Å². The van der Waals surface area contributed by atoms with Gasteiger partial charge < -0.3 is 29.0 Å². The molecule has 13 nitrogen and oxygen atoms in total. The number of pyridine rings is 1. The molecule has 5 heterocycles. The maximum absolute atomic E-state index is 15.0. The van der Waals surface area contributed by atoms with Crippen molar-refractivity contribution in [2.24, 2.45) is 11.3 Å². The van der Waals surface area contributed by atoms with Gasteiger partial charge in [-0.1, -0.05) is 76.2 Å². The van der Waals surface area contributed by atoms with Gasteiger partial charge in [-0.3, -0.25) is 29.2 Å². The predicted octanol–water partition coefficient (Wildman–Crippen LogP) is 8.74. The Morgan fingerprint density at radius 2 is 1.77 bits per heavy atom. The highest BCUT2D eigenvalue weighted by Gasteiger charge is 2.42. The number of hydrogen-bond acceptors (Lipinski definition) is 9. The molecule has 2 fully saturated rings. The highest BCUT2D eigenvalue weighted by atomic mass is 19.3. The molecule has 3 aromatic carbocycles. The van der Waals surface area contributed by atoms with Crippen molar-refractivity contribution in [3.8, 4) is 22.4 Å². The van der Waals surface area contributed by atoms with Crippen molar-refractivity contribution < 1.29 is 42.2 Å². The van der Waals surface area contributed by atoms with Crippen molar-refractivity contribution in [3.63, 3.8) is 0 Å². The first-order chi connectivity index (χ1) is 33.5.